The topological polar surface area (TPSA) is 37.4 Å². The van der Waals surface area contributed by atoms with Crippen LogP contribution in [0.2, 0.25) is 13.3 Å². The first-order valence-corrected chi connectivity index (χ1v) is 27.6. The van der Waals surface area contributed by atoms with Crippen molar-refractivity contribution in [3.05, 3.63) is 63.7 Å². The molecular weight excluding hydrogens is 756 g/mol. The van der Waals surface area contributed by atoms with Gasteiger partial charge in [-0.15, -0.1) is 0 Å². The van der Waals surface area contributed by atoms with E-state index in [1.807, 2.05) is 39.8 Å². The van der Waals surface area contributed by atoms with Crippen LogP contribution in [-0.4, -0.2) is 35.9 Å². The van der Waals surface area contributed by atoms with Crippen molar-refractivity contribution >= 4 is 28.4 Å². The van der Waals surface area contributed by atoms with Gasteiger partial charge in [0, 0.05) is 0 Å². The van der Waals surface area contributed by atoms with Gasteiger partial charge in [-0.05, 0) is 0 Å². The first-order valence-electron chi connectivity index (χ1n) is 16.7. The Morgan fingerprint density at radius 2 is 1.43 bits per heavy atom. The van der Waals surface area contributed by atoms with Crippen LogP contribution < -0.4 is 21.5 Å². The Hall–Kier alpha value is -0.561. The molecular formula is C36H55INO2SSn+. The second-order valence-corrected chi connectivity index (χ2v) is 30.1. The molecule has 1 fully saturated rings. The molecule has 1 unspecified atom stereocenters. The maximum absolute atomic E-state index is 14.0. The standard InChI is InChI=1S/C24H28INO2S.3C4H9.Sn/c1-3-21(22-10-6-4-7-11-22)18-19-26(25-23-12-8-5-9-13-23)29(27,28)24-16-14-20(2)15-17-24;3*1-3-4-2;/h5,8-9,12-17,21-22H,4,6-7,10-11,18-19H2,2H3;3*1,3-4H2,2H3;/q+1;;;;. The predicted molar refractivity (Wildman–Crippen MR) is 178 cm³/mol. The van der Waals surface area contributed by atoms with Crippen molar-refractivity contribution in [2.45, 2.75) is 123 Å². The Bertz CT molecular complexity index is 1180. The molecule has 1 aliphatic rings. The Morgan fingerprint density at radius 3 is 1.98 bits per heavy atom. The zero-order chi connectivity index (χ0) is 30.3. The SMILES string of the molecule is CCC[CH2][Sn]([C]#CC(CCN([I+]c1ccccc1)S(=O)(=O)c1ccc(C)cc1)C1CCCCC1)([CH2]CCC)[CH2]CCC. The molecule has 2 aromatic rings. The van der Waals surface area contributed by atoms with Gasteiger partial charge in [-0.25, -0.2) is 0 Å². The third-order valence-electron chi connectivity index (χ3n) is 8.89. The summed E-state index contributed by atoms with van der Waals surface area (Å²) < 4.78 is 39.5. The molecule has 6 heteroatoms. The van der Waals surface area contributed by atoms with Gasteiger partial charge in [0.05, 0.1) is 0 Å². The molecule has 1 aliphatic carbocycles. The molecule has 42 heavy (non-hydrogen) atoms. The van der Waals surface area contributed by atoms with Gasteiger partial charge in [0.25, 0.3) is 0 Å². The number of benzene rings is 2. The number of hydrogen-bond acceptors (Lipinski definition) is 2. The molecule has 0 spiro atoms. The summed E-state index contributed by atoms with van der Waals surface area (Å²) in [5, 5.41) is 0. The van der Waals surface area contributed by atoms with Crippen molar-refractivity contribution in [1.29, 1.82) is 0 Å². The number of halogens is 1. The summed E-state index contributed by atoms with van der Waals surface area (Å²) in [6, 6.07) is 17.6. The average molecular weight is 812 g/mol. The second-order valence-electron chi connectivity index (χ2n) is 12.4. The Kier molecular flexibility index (Phi) is 16.3. The average Bonchev–Trinajstić information content (AvgIpc) is 3.02. The van der Waals surface area contributed by atoms with Crippen LogP contribution >= 0.6 is 0 Å². The van der Waals surface area contributed by atoms with Crippen LogP contribution in [0.3, 0.4) is 0 Å². The summed E-state index contributed by atoms with van der Waals surface area (Å²) in [5.74, 6) is 4.93. The van der Waals surface area contributed by atoms with Crippen molar-refractivity contribution in [2.24, 2.45) is 11.8 Å². The van der Waals surface area contributed by atoms with E-state index in [4.69, 9.17) is 0 Å². The minimum absolute atomic E-state index is 0.307. The quantitative estimate of drug-likeness (QED) is 0.0761. The van der Waals surface area contributed by atoms with Crippen molar-refractivity contribution in [2.75, 3.05) is 6.54 Å². The molecule has 0 N–H and O–H groups in total. The number of rotatable bonds is 17. The third kappa shape index (κ3) is 11.4. The molecule has 3 nitrogen and oxygen atoms in total. The maximum atomic E-state index is 14.0. The zero-order valence-electron chi connectivity index (χ0n) is 26.7. The van der Waals surface area contributed by atoms with E-state index in [1.54, 1.807) is 12.1 Å². The number of aryl methyl sites for hydroxylation is 1. The molecule has 232 valence electrons. The van der Waals surface area contributed by atoms with Crippen LogP contribution in [0.1, 0.15) is 103 Å². The van der Waals surface area contributed by atoms with Crippen molar-refractivity contribution in [3.63, 3.8) is 0 Å². The van der Waals surface area contributed by atoms with Crippen LogP contribution in [0.5, 0.6) is 0 Å². The summed E-state index contributed by atoms with van der Waals surface area (Å²) in [6.45, 7) is 9.55. The Morgan fingerprint density at radius 1 is 0.857 bits per heavy atom. The number of nitrogens with zero attached hydrogens (tertiary/aromatic N) is 1. The fourth-order valence-electron chi connectivity index (χ4n) is 6.17. The van der Waals surface area contributed by atoms with E-state index in [2.05, 4.69) is 42.8 Å². The molecule has 2 aromatic carbocycles. The van der Waals surface area contributed by atoms with Crippen LogP contribution in [0.15, 0.2) is 59.5 Å². The number of unbranched alkanes of at least 4 members (excludes halogenated alkanes) is 3. The van der Waals surface area contributed by atoms with Gasteiger partial charge in [0.1, 0.15) is 0 Å². The van der Waals surface area contributed by atoms with Crippen LogP contribution in [0.4, 0.5) is 0 Å². The summed E-state index contributed by atoms with van der Waals surface area (Å²) in [7, 11) is -3.57. The van der Waals surface area contributed by atoms with Crippen molar-refractivity contribution < 1.29 is 29.9 Å². The molecule has 0 aliphatic heterocycles. The molecule has 0 bridgehead atoms. The van der Waals surface area contributed by atoms with E-state index in [-0.39, 0.29) is 0 Å². The molecule has 1 saturated carbocycles. The van der Waals surface area contributed by atoms with E-state index in [0.717, 1.165) is 15.6 Å². The van der Waals surface area contributed by atoms with E-state index < -0.39 is 49.9 Å². The van der Waals surface area contributed by atoms with Gasteiger partial charge in [0.15, 0.2) is 0 Å². The number of sulfonamides is 1. The Labute approximate surface area is 273 Å². The van der Waals surface area contributed by atoms with E-state index in [1.165, 1.54) is 83.9 Å². The third-order valence-corrected chi connectivity index (χ3v) is 27.9. The molecule has 3 rings (SSSR count). The molecule has 0 radical (unpaired) electrons. The summed E-state index contributed by atoms with van der Waals surface area (Å²) in [5.41, 5.74) is 1.08. The molecule has 0 saturated heterocycles. The number of hydrogen-bond donors (Lipinski definition) is 0. The fraction of sp³-hybridized carbons (Fsp3) is 0.611. The molecule has 0 heterocycles. The summed E-state index contributed by atoms with van der Waals surface area (Å²) in [4.78, 5) is 0.415. The van der Waals surface area contributed by atoms with Gasteiger partial charge >= 0.3 is 276 Å². The Balaban J connectivity index is 1.94. The monoisotopic (exact) mass is 812 g/mol. The second kappa shape index (κ2) is 19.1. The van der Waals surface area contributed by atoms with Crippen LogP contribution in [0, 0.1) is 32.2 Å². The summed E-state index contributed by atoms with van der Waals surface area (Å²) >= 11 is -3.46. The minimum atomic E-state index is -3.57. The first-order chi connectivity index (χ1) is 20.3. The molecule has 0 amide bonds. The van der Waals surface area contributed by atoms with Gasteiger partial charge in [-0.3, -0.25) is 0 Å². The summed E-state index contributed by atoms with van der Waals surface area (Å²) in [6.07, 6.45) is 15.0. The van der Waals surface area contributed by atoms with Gasteiger partial charge in [-0.2, -0.15) is 0 Å². The van der Waals surface area contributed by atoms with Crippen LogP contribution in [0.25, 0.3) is 0 Å². The normalized spacial score (nSPS) is 15.4. The van der Waals surface area contributed by atoms with E-state index in [0.29, 0.717) is 23.3 Å². The van der Waals surface area contributed by atoms with Crippen LogP contribution in [-0.2, 0) is 10.0 Å². The van der Waals surface area contributed by atoms with Gasteiger partial charge < -0.3 is 0 Å². The predicted octanol–water partition coefficient (Wildman–Crippen LogP) is 6.84. The van der Waals surface area contributed by atoms with E-state index in [9.17, 15) is 8.42 Å². The van der Waals surface area contributed by atoms with Crippen molar-refractivity contribution in [1.82, 2.24) is 2.52 Å². The molecule has 0 aromatic heterocycles. The molecule has 1 atom stereocenters. The van der Waals surface area contributed by atoms with Crippen molar-refractivity contribution in [3.8, 4) is 9.86 Å². The zero-order valence-corrected chi connectivity index (χ0v) is 32.5. The van der Waals surface area contributed by atoms with Gasteiger partial charge in [0.2, 0.25) is 0 Å². The van der Waals surface area contributed by atoms with E-state index >= 15 is 0 Å². The first kappa shape index (κ1) is 35.9. The van der Waals surface area contributed by atoms with Gasteiger partial charge in [-0.1, -0.05) is 0 Å². The fourth-order valence-corrected chi connectivity index (χ4v) is 24.6.